The Bertz CT molecular complexity index is 1900. The van der Waals surface area contributed by atoms with Crippen LogP contribution >= 0.6 is 0 Å². The highest BCUT2D eigenvalue weighted by atomic mass is 19.1. The second kappa shape index (κ2) is 12.1. The number of rotatable bonds is 5. The number of hydrogen-bond acceptors (Lipinski definition) is 6. The molecule has 6 nitrogen and oxygen atoms in total. The maximum absolute atomic E-state index is 13.9. The molecule has 42 heavy (non-hydrogen) atoms. The largest absolute Gasteiger partial charge is 0.362 e. The quantitative estimate of drug-likeness (QED) is 0.215. The molecule has 0 unspecified atom stereocenters. The summed E-state index contributed by atoms with van der Waals surface area (Å²) in [6.45, 7) is 6.07. The first-order chi connectivity index (χ1) is 20.2. The molecule has 0 fully saturated rings. The zero-order valence-corrected chi connectivity index (χ0v) is 24.5. The van der Waals surface area contributed by atoms with E-state index in [1.54, 1.807) is 18.2 Å². The molecule has 4 aromatic carbocycles. The van der Waals surface area contributed by atoms with Crippen molar-refractivity contribution in [3.63, 3.8) is 0 Å². The molecule has 0 aliphatic heterocycles. The van der Waals surface area contributed by atoms with Crippen LogP contribution in [-0.4, -0.2) is 48.1 Å². The van der Waals surface area contributed by atoms with Crippen molar-refractivity contribution < 1.29 is 4.39 Å². The molecule has 0 radical (unpaired) electrons. The number of anilines is 2. The standard InChI is InChI=1S/C19H19N3.C16H14FN3/c1-13(2)14-9-5-6-10-15(14)18-20-17-12-8-7-11-16(17)19(21-18)22(3)4;1-20(2)16-12-8-4-6-10-14(12)18-15(19-16)11-7-3-5-9-13(11)17/h5-12H,1H2,2-4H3;3-10H,1-2H3. The van der Waals surface area contributed by atoms with E-state index in [-0.39, 0.29) is 5.82 Å². The van der Waals surface area contributed by atoms with Crippen LogP contribution in [0.5, 0.6) is 0 Å². The molecule has 0 bridgehead atoms. The molecule has 0 aliphatic rings. The SMILES string of the molecule is C=C(C)c1ccccc1-c1nc(N(C)C)c2ccccc2n1.CN(C)c1nc(-c2ccccc2F)nc2ccccc12. The van der Waals surface area contributed by atoms with Gasteiger partial charge in [-0.1, -0.05) is 72.8 Å². The monoisotopic (exact) mass is 556 g/mol. The molecule has 0 N–H and O–H groups in total. The third kappa shape index (κ3) is 5.81. The summed E-state index contributed by atoms with van der Waals surface area (Å²) >= 11 is 0. The lowest BCUT2D eigenvalue weighted by Crippen LogP contribution is -2.12. The van der Waals surface area contributed by atoms with Crippen molar-refractivity contribution in [3.8, 4) is 22.8 Å². The van der Waals surface area contributed by atoms with E-state index < -0.39 is 0 Å². The minimum absolute atomic E-state index is 0.313. The molecule has 0 aliphatic carbocycles. The Hall–Kier alpha value is -5.17. The highest BCUT2D eigenvalue weighted by Gasteiger charge is 2.14. The van der Waals surface area contributed by atoms with Gasteiger partial charge in [-0.3, -0.25) is 0 Å². The van der Waals surface area contributed by atoms with Gasteiger partial charge in [0.15, 0.2) is 11.6 Å². The first-order valence-corrected chi connectivity index (χ1v) is 13.6. The van der Waals surface area contributed by atoms with Crippen LogP contribution in [-0.2, 0) is 0 Å². The van der Waals surface area contributed by atoms with Crippen molar-refractivity contribution in [2.75, 3.05) is 38.0 Å². The summed E-state index contributed by atoms with van der Waals surface area (Å²) in [5, 5.41) is 2.02. The Morgan fingerprint density at radius 1 is 0.571 bits per heavy atom. The van der Waals surface area contributed by atoms with Crippen LogP contribution in [0.2, 0.25) is 0 Å². The second-order valence-electron chi connectivity index (χ2n) is 10.4. The molecule has 0 amide bonds. The van der Waals surface area contributed by atoms with Gasteiger partial charge in [0.25, 0.3) is 0 Å². The molecule has 2 aromatic heterocycles. The molecule has 6 aromatic rings. The summed E-state index contributed by atoms with van der Waals surface area (Å²) in [5.41, 5.74) is 5.30. The third-order valence-electron chi connectivity index (χ3n) is 6.76. The van der Waals surface area contributed by atoms with Crippen molar-refractivity contribution in [1.29, 1.82) is 0 Å². The number of fused-ring (bicyclic) bond motifs is 2. The van der Waals surface area contributed by atoms with Crippen molar-refractivity contribution in [2.45, 2.75) is 6.92 Å². The smallest absolute Gasteiger partial charge is 0.165 e. The number of hydrogen-bond donors (Lipinski definition) is 0. The highest BCUT2D eigenvalue weighted by Crippen LogP contribution is 2.30. The fourth-order valence-electron chi connectivity index (χ4n) is 4.74. The van der Waals surface area contributed by atoms with Gasteiger partial charge < -0.3 is 9.80 Å². The molecule has 210 valence electrons. The Labute approximate surface area is 245 Å². The summed E-state index contributed by atoms with van der Waals surface area (Å²) < 4.78 is 13.9. The third-order valence-corrected chi connectivity index (χ3v) is 6.76. The lowest BCUT2D eigenvalue weighted by molar-refractivity contribution is 0.630. The van der Waals surface area contributed by atoms with Gasteiger partial charge >= 0.3 is 0 Å². The first-order valence-electron chi connectivity index (χ1n) is 13.6. The molecule has 2 heterocycles. The van der Waals surface area contributed by atoms with Crippen LogP contribution < -0.4 is 9.80 Å². The van der Waals surface area contributed by atoms with E-state index in [1.165, 1.54) is 6.07 Å². The van der Waals surface area contributed by atoms with E-state index in [0.717, 1.165) is 56.0 Å². The normalized spacial score (nSPS) is 10.7. The van der Waals surface area contributed by atoms with Crippen LogP contribution in [0.1, 0.15) is 12.5 Å². The van der Waals surface area contributed by atoms with E-state index in [4.69, 9.17) is 9.97 Å². The van der Waals surface area contributed by atoms with Crippen molar-refractivity contribution in [3.05, 3.63) is 115 Å². The fraction of sp³-hybridized carbons (Fsp3) is 0.143. The predicted molar refractivity (Wildman–Crippen MR) is 173 cm³/mol. The van der Waals surface area contributed by atoms with E-state index in [0.29, 0.717) is 11.4 Å². The second-order valence-corrected chi connectivity index (χ2v) is 10.4. The van der Waals surface area contributed by atoms with E-state index >= 15 is 0 Å². The van der Waals surface area contributed by atoms with Gasteiger partial charge in [-0.15, -0.1) is 0 Å². The van der Waals surface area contributed by atoms with Gasteiger partial charge in [-0.05, 0) is 48.9 Å². The van der Waals surface area contributed by atoms with Gasteiger partial charge in [-0.2, -0.15) is 0 Å². The van der Waals surface area contributed by atoms with Gasteiger partial charge in [-0.25, -0.2) is 24.3 Å². The molecular formula is C35H33FN6. The van der Waals surface area contributed by atoms with Crippen LogP contribution in [0.4, 0.5) is 16.0 Å². The first kappa shape index (κ1) is 28.4. The average Bonchev–Trinajstić information content (AvgIpc) is 3.00. The Morgan fingerprint density at radius 3 is 1.50 bits per heavy atom. The van der Waals surface area contributed by atoms with Crippen LogP contribution in [0, 0.1) is 5.82 Å². The molecule has 0 atom stereocenters. The number of allylic oxidation sites excluding steroid dienone is 1. The summed E-state index contributed by atoms with van der Waals surface area (Å²) in [5.74, 6) is 2.55. The zero-order chi connectivity index (χ0) is 29.8. The Balaban J connectivity index is 0.000000169. The maximum Gasteiger partial charge on any atom is 0.165 e. The molecule has 0 spiro atoms. The Kier molecular flexibility index (Phi) is 8.20. The molecule has 7 heteroatoms. The van der Waals surface area contributed by atoms with Crippen LogP contribution in [0.25, 0.3) is 50.2 Å². The van der Waals surface area contributed by atoms with Crippen molar-refractivity contribution >= 4 is 39.0 Å². The number of benzene rings is 4. The molecule has 6 rings (SSSR count). The molecule has 0 saturated heterocycles. The fourth-order valence-corrected chi connectivity index (χ4v) is 4.74. The minimum atomic E-state index is -0.313. The maximum atomic E-state index is 13.9. The highest BCUT2D eigenvalue weighted by molar-refractivity contribution is 5.92. The summed E-state index contributed by atoms with van der Waals surface area (Å²) in [7, 11) is 7.84. The predicted octanol–water partition coefficient (Wildman–Crippen LogP) is 7.90. The summed E-state index contributed by atoms with van der Waals surface area (Å²) in [4.78, 5) is 22.5. The van der Waals surface area contributed by atoms with E-state index in [2.05, 4.69) is 28.7 Å². The van der Waals surface area contributed by atoms with Crippen molar-refractivity contribution in [1.82, 2.24) is 19.9 Å². The number of halogens is 1. The minimum Gasteiger partial charge on any atom is -0.362 e. The topological polar surface area (TPSA) is 58.0 Å². The van der Waals surface area contributed by atoms with E-state index in [1.807, 2.05) is 106 Å². The van der Waals surface area contributed by atoms with Crippen LogP contribution in [0.15, 0.2) is 104 Å². The molecular weight excluding hydrogens is 523 g/mol. The Morgan fingerprint density at radius 2 is 1.00 bits per heavy atom. The van der Waals surface area contributed by atoms with E-state index in [9.17, 15) is 4.39 Å². The van der Waals surface area contributed by atoms with Gasteiger partial charge in [0.2, 0.25) is 0 Å². The zero-order valence-electron chi connectivity index (χ0n) is 24.5. The van der Waals surface area contributed by atoms with Crippen molar-refractivity contribution in [2.24, 2.45) is 0 Å². The average molecular weight is 557 g/mol. The lowest BCUT2D eigenvalue weighted by atomic mass is 10.0. The lowest BCUT2D eigenvalue weighted by Gasteiger charge is -2.16. The number of nitrogens with zero attached hydrogens (tertiary/aromatic N) is 6. The molecule has 0 saturated carbocycles. The van der Waals surface area contributed by atoms with Gasteiger partial charge in [0, 0.05) is 44.5 Å². The number of aromatic nitrogens is 4. The summed E-state index contributed by atoms with van der Waals surface area (Å²) in [6.07, 6.45) is 0. The summed E-state index contributed by atoms with van der Waals surface area (Å²) in [6, 6.07) is 30.5. The van der Waals surface area contributed by atoms with Crippen LogP contribution in [0.3, 0.4) is 0 Å². The van der Waals surface area contributed by atoms with Gasteiger partial charge in [0.1, 0.15) is 17.5 Å². The number of para-hydroxylation sites is 2. The van der Waals surface area contributed by atoms with Gasteiger partial charge in [0.05, 0.1) is 16.6 Å².